The van der Waals surface area contributed by atoms with E-state index in [-0.39, 0.29) is 6.29 Å². The summed E-state index contributed by atoms with van der Waals surface area (Å²) in [6, 6.07) is 6.22. The number of hydrogen-bond donors (Lipinski definition) is 0. The molecule has 2 rings (SSSR count). The topological polar surface area (TPSA) is 18.5 Å². The first-order valence-corrected chi connectivity index (χ1v) is 5.62. The molecule has 1 aromatic carbocycles. The van der Waals surface area contributed by atoms with Gasteiger partial charge in [0.1, 0.15) is 0 Å². The average Bonchev–Trinajstić information content (AvgIpc) is 2.70. The van der Waals surface area contributed by atoms with Gasteiger partial charge in [0.2, 0.25) is 0 Å². The predicted octanol–water partition coefficient (Wildman–Crippen LogP) is 3.06. The fourth-order valence-electron chi connectivity index (χ4n) is 1.65. The lowest BCUT2D eigenvalue weighted by atomic mass is 10.1. The summed E-state index contributed by atoms with van der Waals surface area (Å²) in [5.41, 5.74) is 2.44. The van der Waals surface area contributed by atoms with Crippen LogP contribution in [-0.4, -0.2) is 13.2 Å². The van der Waals surface area contributed by atoms with E-state index in [0.717, 1.165) is 16.5 Å². The van der Waals surface area contributed by atoms with Crippen LogP contribution in [0.5, 0.6) is 0 Å². The second-order valence-electron chi connectivity index (χ2n) is 3.27. The van der Waals surface area contributed by atoms with Gasteiger partial charge in [-0.25, -0.2) is 0 Å². The standard InChI is InChI=1S/C11H13BrO2/c1-2-8-7-9(12)3-4-10(8)11-13-5-6-14-11/h3-4,7,11H,2,5-6H2,1H3. The number of ether oxygens (including phenoxy) is 2. The molecule has 0 saturated carbocycles. The van der Waals surface area contributed by atoms with Gasteiger partial charge in [0.05, 0.1) is 13.2 Å². The Hall–Kier alpha value is -0.380. The highest BCUT2D eigenvalue weighted by molar-refractivity contribution is 9.10. The van der Waals surface area contributed by atoms with Gasteiger partial charge in [-0.3, -0.25) is 0 Å². The normalized spacial score (nSPS) is 17.6. The molecule has 0 atom stereocenters. The highest BCUT2D eigenvalue weighted by Crippen LogP contribution is 2.28. The number of aryl methyl sites for hydroxylation is 1. The Kier molecular flexibility index (Phi) is 3.21. The first-order valence-electron chi connectivity index (χ1n) is 4.83. The predicted molar refractivity (Wildman–Crippen MR) is 58.2 cm³/mol. The molecule has 14 heavy (non-hydrogen) atoms. The maximum atomic E-state index is 5.48. The van der Waals surface area contributed by atoms with Crippen molar-refractivity contribution in [2.45, 2.75) is 19.6 Å². The van der Waals surface area contributed by atoms with Gasteiger partial charge >= 0.3 is 0 Å². The highest BCUT2D eigenvalue weighted by atomic mass is 79.9. The van der Waals surface area contributed by atoms with E-state index < -0.39 is 0 Å². The van der Waals surface area contributed by atoms with Gasteiger partial charge < -0.3 is 9.47 Å². The summed E-state index contributed by atoms with van der Waals surface area (Å²) in [5, 5.41) is 0. The van der Waals surface area contributed by atoms with Crippen molar-refractivity contribution in [1.29, 1.82) is 0 Å². The van der Waals surface area contributed by atoms with Crippen LogP contribution >= 0.6 is 15.9 Å². The molecule has 0 aliphatic carbocycles. The van der Waals surface area contributed by atoms with Crippen LogP contribution < -0.4 is 0 Å². The summed E-state index contributed by atoms with van der Waals surface area (Å²) in [6.07, 6.45) is 0.843. The zero-order chi connectivity index (χ0) is 9.97. The third-order valence-corrected chi connectivity index (χ3v) is 2.85. The van der Waals surface area contributed by atoms with E-state index in [1.807, 2.05) is 6.07 Å². The van der Waals surface area contributed by atoms with Gasteiger partial charge in [0.15, 0.2) is 6.29 Å². The van der Waals surface area contributed by atoms with E-state index in [1.54, 1.807) is 0 Å². The van der Waals surface area contributed by atoms with Crippen LogP contribution in [-0.2, 0) is 15.9 Å². The van der Waals surface area contributed by atoms with Crippen LogP contribution in [0, 0.1) is 0 Å². The third kappa shape index (κ3) is 2.00. The molecule has 1 aromatic rings. The van der Waals surface area contributed by atoms with Gasteiger partial charge in [-0.2, -0.15) is 0 Å². The van der Waals surface area contributed by atoms with E-state index in [4.69, 9.17) is 9.47 Å². The average molecular weight is 257 g/mol. The molecule has 3 heteroatoms. The van der Waals surface area contributed by atoms with Crippen molar-refractivity contribution in [2.24, 2.45) is 0 Å². The Bertz CT molecular complexity index is 319. The monoisotopic (exact) mass is 256 g/mol. The molecule has 1 heterocycles. The van der Waals surface area contributed by atoms with Gasteiger partial charge in [0.25, 0.3) is 0 Å². The van der Waals surface area contributed by atoms with Crippen molar-refractivity contribution in [2.75, 3.05) is 13.2 Å². The number of rotatable bonds is 2. The summed E-state index contributed by atoms with van der Waals surface area (Å²) < 4.78 is 12.1. The van der Waals surface area contributed by atoms with E-state index in [1.165, 1.54) is 5.56 Å². The first kappa shape index (κ1) is 10.1. The highest BCUT2D eigenvalue weighted by Gasteiger charge is 2.20. The van der Waals surface area contributed by atoms with Gasteiger partial charge in [-0.1, -0.05) is 28.9 Å². The fourth-order valence-corrected chi connectivity index (χ4v) is 2.06. The second-order valence-corrected chi connectivity index (χ2v) is 4.19. The molecule has 1 aliphatic rings. The second kappa shape index (κ2) is 4.43. The van der Waals surface area contributed by atoms with Crippen LogP contribution in [0.2, 0.25) is 0 Å². The van der Waals surface area contributed by atoms with Crippen molar-refractivity contribution < 1.29 is 9.47 Å². The minimum Gasteiger partial charge on any atom is -0.346 e. The van der Waals surface area contributed by atoms with Crippen LogP contribution in [0.1, 0.15) is 24.3 Å². The van der Waals surface area contributed by atoms with E-state index in [2.05, 4.69) is 35.0 Å². The lowest BCUT2D eigenvalue weighted by Crippen LogP contribution is -2.02. The maximum Gasteiger partial charge on any atom is 0.184 e. The number of hydrogen-bond acceptors (Lipinski definition) is 2. The van der Waals surface area contributed by atoms with Crippen LogP contribution in [0.3, 0.4) is 0 Å². The molecule has 1 saturated heterocycles. The largest absolute Gasteiger partial charge is 0.346 e. The molecule has 76 valence electrons. The molecule has 1 aliphatic heterocycles. The number of halogens is 1. The Morgan fingerprint density at radius 3 is 2.71 bits per heavy atom. The Morgan fingerprint density at radius 2 is 2.07 bits per heavy atom. The molecule has 0 unspecified atom stereocenters. The summed E-state index contributed by atoms with van der Waals surface area (Å²) in [6.45, 7) is 3.54. The molecule has 0 N–H and O–H groups in total. The fraction of sp³-hybridized carbons (Fsp3) is 0.455. The lowest BCUT2D eigenvalue weighted by Gasteiger charge is -2.13. The number of benzene rings is 1. The van der Waals surface area contributed by atoms with Crippen molar-refractivity contribution >= 4 is 15.9 Å². The molecule has 0 aromatic heterocycles. The Labute approximate surface area is 92.3 Å². The van der Waals surface area contributed by atoms with Crippen LogP contribution in [0.15, 0.2) is 22.7 Å². The molecular formula is C11H13BrO2. The smallest absolute Gasteiger partial charge is 0.184 e. The minimum atomic E-state index is -0.155. The van der Waals surface area contributed by atoms with E-state index in [9.17, 15) is 0 Å². The first-order chi connectivity index (χ1) is 6.81. The van der Waals surface area contributed by atoms with Crippen molar-refractivity contribution in [1.82, 2.24) is 0 Å². The summed E-state index contributed by atoms with van der Waals surface area (Å²) in [5.74, 6) is 0. The molecule has 0 amide bonds. The summed E-state index contributed by atoms with van der Waals surface area (Å²) in [4.78, 5) is 0. The SMILES string of the molecule is CCc1cc(Br)ccc1C1OCCO1. The van der Waals surface area contributed by atoms with E-state index in [0.29, 0.717) is 13.2 Å². The lowest BCUT2D eigenvalue weighted by molar-refractivity contribution is -0.0446. The zero-order valence-corrected chi connectivity index (χ0v) is 9.71. The quantitative estimate of drug-likeness (QED) is 0.810. The van der Waals surface area contributed by atoms with Crippen molar-refractivity contribution in [3.8, 4) is 0 Å². The van der Waals surface area contributed by atoms with Crippen LogP contribution in [0.25, 0.3) is 0 Å². The van der Waals surface area contributed by atoms with Gasteiger partial charge in [-0.05, 0) is 24.1 Å². The van der Waals surface area contributed by atoms with Gasteiger partial charge in [-0.15, -0.1) is 0 Å². The molecular weight excluding hydrogens is 244 g/mol. The van der Waals surface area contributed by atoms with Crippen LogP contribution in [0.4, 0.5) is 0 Å². The van der Waals surface area contributed by atoms with Gasteiger partial charge in [0, 0.05) is 10.0 Å². The Balaban J connectivity index is 2.31. The van der Waals surface area contributed by atoms with Crippen molar-refractivity contribution in [3.05, 3.63) is 33.8 Å². The minimum absolute atomic E-state index is 0.155. The summed E-state index contributed by atoms with van der Waals surface area (Å²) in [7, 11) is 0. The Morgan fingerprint density at radius 1 is 1.36 bits per heavy atom. The third-order valence-electron chi connectivity index (χ3n) is 2.36. The zero-order valence-electron chi connectivity index (χ0n) is 8.13. The molecule has 1 fully saturated rings. The summed E-state index contributed by atoms with van der Waals surface area (Å²) >= 11 is 3.46. The van der Waals surface area contributed by atoms with Crippen molar-refractivity contribution in [3.63, 3.8) is 0 Å². The van der Waals surface area contributed by atoms with E-state index >= 15 is 0 Å². The molecule has 2 nitrogen and oxygen atoms in total. The molecule has 0 bridgehead atoms. The maximum absolute atomic E-state index is 5.48. The molecule has 0 radical (unpaired) electrons. The molecule has 0 spiro atoms.